The Labute approximate surface area is 183 Å². The van der Waals surface area contributed by atoms with E-state index in [2.05, 4.69) is 10.6 Å². The highest BCUT2D eigenvalue weighted by Crippen LogP contribution is 2.26. The van der Waals surface area contributed by atoms with Gasteiger partial charge in [-0.15, -0.1) is 0 Å². The molecule has 0 radical (unpaired) electrons. The minimum Gasteiger partial charge on any atom is -0.497 e. The van der Waals surface area contributed by atoms with Crippen LogP contribution < -0.4 is 19.7 Å². The smallest absolute Gasteiger partial charge is 0.253 e. The summed E-state index contributed by atoms with van der Waals surface area (Å²) >= 11 is 0. The van der Waals surface area contributed by atoms with Crippen molar-refractivity contribution >= 4 is 33.2 Å². The van der Waals surface area contributed by atoms with E-state index in [1.807, 2.05) is 6.92 Å². The highest BCUT2D eigenvalue weighted by molar-refractivity contribution is 7.92. The number of carbonyl (C=O) groups excluding carboxylic acids is 2. The zero-order valence-corrected chi connectivity index (χ0v) is 19.0. The molecule has 31 heavy (non-hydrogen) atoms. The topological polar surface area (TPSA) is 105 Å². The molecule has 2 rings (SSSR count). The van der Waals surface area contributed by atoms with Crippen LogP contribution in [0.1, 0.15) is 37.0 Å². The van der Waals surface area contributed by atoms with Gasteiger partial charge in [0.25, 0.3) is 5.91 Å². The quantitative estimate of drug-likeness (QED) is 0.583. The van der Waals surface area contributed by atoms with E-state index < -0.39 is 22.0 Å². The molecule has 0 unspecified atom stereocenters. The minimum atomic E-state index is -3.77. The van der Waals surface area contributed by atoms with Crippen molar-refractivity contribution in [1.82, 2.24) is 5.32 Å². The Kier molecular flexibility index (Phi) is 8.44. The first kappa shape index (κ1) is 24.2. The van der Waals surface area contributed by atoms with Crippen LogP contribution in [0.25, 0.3) is 0 Å². The number of para-hydroxylation sites is 1. The second kappa shape index (κ2) is 10.8. The van der Waals surface area contributed by atoms with Gasteiger partial charge in [-0.3, -0.25) is 13.9 Å². The van der Waals surface area contributed by atoms with Crippen LogP contribution in [-0.2, 0) is 14.8 Å². The zero-order chi connectivity index (χ0) is 23.0. The van der Waals surface area contributed by atoms with Crippen molar-refractivity contribution < 1.29 is 22.7 Å². The zero-order valence-electron chi connectivity index (χ0n) is 18.2. The van der Waals surface area contributed by atoms with Gasteiger partial charge in [-0.25, -0.2) is 8.42 Å². The fourth-order valence-corrected chi connectivity index (χ4v) is 4.34. The number of nitrogens with one attached hydrogen (secondary N) is 2. The molecule has 0 aliphatic rings. The fraction of sp³-hybridized carbons (Fsp3) is 0.364. The molecule has 168 valence electrons. The number of nitrogens with zero attached hydrogens (tertiary/aromatic N) is 1. The number of methoxy groups -OCH3 is 1. The summed E-state index contributed by atoms with van der Waals surface area (Å²) < 4.78 is 31.4. The predicted octanol–water partition coefficient (Wildman–Crippen LogP) is 3.02. The second-order valence-corrected chi connectivity index (χ2v) is 8.83. The molecular weight excluding hydrogens is 418 g/mol. The Hall–Kier alpha value is -3.07. The van der Waals surface area contributed by atoms with E-state index in [9.17, 15) is 18.0 Å². The normalized spacial score (nSPS) is 12.0. The van der Waals surface area contributed by atoms with Crippen molar-refractivity contribution in [3.8, 4) is 5.75 Å². The number of hydrogen-bond acceptors (Lipinski definition) is 5. The molecule has 9 heteroatoms. The van der Waals surface area contributed by atoms with E-state index >= 15 is 0 Å². The first-order valence-electron chi connectivity index (χ1n) is 10.0. The average molecular weight is 448 g/mol. The number of rotatable bonds is 10. The SMILES string of the molecule is CCCNC(=O)c1ccccc1NC(=O)[C@H](CC)N(c1ccc(OC)cc1)S(C)(=O)=O. The van der Waals surface area contributed by atoms with Gasteiger partial charge in [-0.2, -0.15) is 0 Å². The molecule has 0 saturated carbocycles. The van der Waals surface area contributed by atoms with Gasteiger partial charge in [-0.05, 0) is 49.2 Å². The van der Waals surface area contributed by atoms with Crippen LogP contribution in [0.15, 0.2) is 48.5 Å². The molecule has 2 N–H and O–H groups in total. The summed E-state index contributed by atoms with van der Waals surface area (Å²) in [5.74, 6) is -0.262. The van der Waals surface area contributed by atoms with Crippen molar-refractivity contribution in [2.45, 2.75) is 32.7 Å². The summed E-state index contributed by atoms with van der Waals surface area (Å²) in [6.07, 6.45) is 2.07. The number of amides is 2. The summed E-state index contributed by atoms with van der Waals surface area (Å²) in [6.45, 7) is 4.18. The molecule has 2 aromatic carbocycles. The van der Waals surface area contributed by atoms with Crippen LogP contribution in [0.2, 0.25) is 0 Å². The van der Waals surface area contributed by atoms with Crippen molar-refractivity contribution in [2.24, 2.45) is 0 Å². The van der Waals surface area contributed by atoms with Crippen LogP contribution >= 0.6 is 0 Å². The van der Waals surface area contributed by atoms with E-state index in [1.165, 1.54) is 7.11 Å². The Bertz CT molecular complexity index is 1010. The van der Waals surface area contributed by atoms with Crippen molar-refractivity contribution in [2.75, 3.05) is 29.5 Å². The van der Waals surface area contributed by atoms with Gasteiger partial charge in [0, 0.05) is 6.54 Å². The maximum absolute atomic E-state index is 13.1. The Morgan fingerprint density at radius 1 is 1.06 bits per heavy atom. The van der Waals surface area contributed by atoms with Crippen molar-refractivity contribution in [3.63, 3.8) is 0 Å². The molecule has 1 atom stereocenters. The van der Waals surface area contributed by atoms with Gasteiger partial charge >= 0.3 is 0 Å². The van der Waals surface area contributed by atoms with Gasteiger partial charge in [0.1, 0.15) is 11.8 Å². The third kappa shape index (κ3) is 6.21. The highest BCUT2D eigenvalue weighted by atomic mass is 32.2. The number of hydrogen-bond donors (Lipinski definition) is 2. The summed E-state index contributed by atoms with van der Waals surface area (Å²) in [6, 6.07) is 12.1. The third-order valence-electron chi connectivity index (χ3n) is 4.62. The van der Waals surface area contributed by atoms with Crippen LogP contribution in [-0.4, -0.2) is 46.2 Å². The third-order valence-corrected chi connectivity index (χ3v) is 5.80. The molecule has 8 nitrogen and oxygen atoms in total. The Morgan fingerprint density at radius 3 is 2.26 bits per heavy atom. The lowest BCUT2D eigenvalue weighted by molar-refractivity contribution is -0.117. The van der Waals surface area contributed by atoms with Gasteiger partial charge in [0.2, 0.25) is 15.9 Å². The van der Waals surface area contributed by atoms with Gasteiger partial charge in [0.15, 0.2) is 0 Å². The molecule has 0 saturated heterocycles. The molecule has 0 aliphatic carbocycles. The lowest BCUT2D eigenvalue weighted by Crippen LogP contribution is -2.47. The summed E-state index contributed by atoms with van der Waals surface area (Å²) in [7, 11) is -2.26. The Balaban J connectivity index is 2.36. The predicted molar refractivity (Wildman–Crippen MR) is 122 cm³/mol. The van der Waals surface area contributed by atoms with Crippen LogP contribution in [0.5, 0.6) is 5.75 Å². The van der Waals surface area contributed by atoms with E-state index in [0.717, 1.165) is 17.0 Å². The molecule has 0 heterocycles. The molecule has 0 fully saturated rings. The molecule has 0 spiro atoms. The molecular formula is C22H29N3O5S. The van der Waals surface area contributed by atoms with Gasteiger partial charge < -0.3 is 15.4 Å². The fourth-order valence-electron chi connectivity index (χ4n) is 3.13. The van der Waals surface area contributed by atoms with Crippen LogP contribution in [0, 0.1) is 0 Å². The maximum atomic E-state index is 13.1. The van der Waals surface area contributed by atoms with Gasteiger partial charge in [0.05, 0.1) is 30.3 Å². The first-order chi connectivity index (χ1) is 14.7. The summed E-state index contributed by atoms with van der Waals surface area (Å²) in [5.41, 5.74) is 0.983. The lowest BCUT2D eigenvalue weighted by atomic mass is 10.1. The summed E-state index contributed by atoms with van der Waals surface area (Å²) in [4.78, 5) is 25.6. The average Bonchev–Trinajstić information content (AvgIpc) is 2.75. The largest absolute Gasteiger partial charge is 0.497 e. The number of anilines is 2. The van der Waals surface area contributed by atoms with Crippen LogP contribution in [0.3, 0.4) is 0 Å². The summed E-state index contributed by atoms with van der Waals surface area (Å²) in [5, 5.41) is 5.51. The number of ether oxygens (including phenoxy) is 1. The minimum absolute atomic E-state index is 0.231. The maximum Gasteiger partial charge on any atom is 0.253 e. The second-order valence-electron chi connectivity index (χ2n) is 6.97. The van der Waals surface area contributed by atoms with E-state index in [-0.39, 0.29) is 12.3 Å². The molecule has 0 aliphatic heterocycles. The molecule has 0 aromatic heterocycles. The van der Waals surface area contributed by atoms with E-state index in [0.29, 0.717) is 29.2 Å². The molecule has 2 aromatic rings. The van der Waals surface area contributed by atoms with Gasteiger partial charge in [-0.1, -0.05) is 26.0 Å². The number of carbonyl (C=O) groups is 2. The molecule has 2 amide bonds. The Morgan fingerprint density at radius 2 is 1.71 bits per heavy atom. The first-order valence-corrected chi connectivity index (χ1v) is 11.9. The number of sulfonamides is 1. The standard InChI is InChI=1S/C22H29N3O5S/c1-5-15-23-21(26)18-9-7-8-10-19(18)24-22(27)20(6-2)25(31(4,28)29)16-11-13-17(30-3)14-12-16/h7-14,20H,5-6,15H2,1-4H3,(H,23,26)(H,24,27)/t20-/m0/s1. The van der Waals surface area contributed by atoms with Crippen LogP contribution in [0.4, 0.5) is 11.4 Å². The highest BCUT2D eigenvalue weighted by Gasteiger charge is 2.32. The molecule has 0 bridgehead atoms. The number of benzene rings is 2. The van der Waals surface area contributed by atoms with E-state index in [4.69, 9.17) is 4.74 Å². The van der Waals surface area contributed by atoms with E-state index in [1.54, 1.807) is 55.5 Å². The lowest BCUT2D eigenvalue weighted by Gasteiger charge is -2.30. The monoisotopic (exact) mass is 447 g/mol. The van der Waals surface area contributed by atoms with Crippen molar-refractivity contribution in [1.29, 1.82) is 0 Å². The van der Waals surface area contributed by atoms with Crippen molar-refractivity contribution in [3.05, 3.63) is 54.1 Å².